The van der Waals surface area contributed by atoms with Gasteiger partial charge in [-0.3, -0.25) is 4.70 Å². The van der Waals surface area contributed by atoms with E-state index in [1.807, 2.05) is 6.92 Å². The summed E-state index contributed by atoms with van der Waals surface area (Å²) in [5.41, 5.74) is 0. The molecule has 0 saturated heterocycles. The molecule has 3 heteroatoms. The van der Waals surface area contributed by atoms with Gasteiger partial charge in [0.1, 0.15) is 0 Å². The fourth-order valence-corrected chi connectivity index (χ4v) is 0.372. The van der Waals surface area contributed by atoms with Gasteiger partial charge in [-0.1, -0.05) is 0 Å². The van der Waals surface area contributed by atoms with Crippen LogP contribution in [0.5, 0.6) is 0 Å². The van der Waals surface area contributed by atoms with Gasteiger partial charge < -0.3 is 24.8 Å². The van der Waals surface area contributed by atoms with Crippen LogP contribution in [0.2, 0.25) is 0 Å². The van der Waals surface area contributed by atoms with Crippen molar-refractivity contribution < 1.29 is 29.5 Å². The summed E-state index contributed by atoms with van der Waals surface area (Å²) in [6, 6.07) is 0. The molecule has 50 valence electrons. The van der Waals surface area contributed by atoms with Gasteiger partial charge in [0.15, 0.2) is 0 Å². The van der Waals surface area contributed by atoms with Crippen molar-refractivity contribution in [2.75, 3.05) is 0 Å². The van der Waals surface area contributed by atoms with Crippen molar-refractivity contribution in [2.24, 2.45) is 5.92 Å². The summed E-state index contributed by atoms with van der Waals surface area (Å²) in [6.45, 7) is 2.01. The van der Waals surface area contributed by atoms with Gasteiger partial charge in [-0.2, -0.15) is 0 Å². The molecule has 1 rings (SSSR count). The summed E-state index contributed by atoms with van der Waals surface area (Å²) in [4.78, 5) is 0. The van der Waals surface area contributed by atoms with Crippen LogP contribution in [0.25, 0.3) is 0 Å². The second-order valence-corrected chi connectivity index (χ2v) is 1.56. The predicted octanol–water partition coefficient (Wildman–Crippen LogP) is -4.34. The van der Waals surface area contributed by atoms with Crippen LogP contribution in [0.3, 0.4) is 0 Å². The fraction of sp³-hybridized carbons (Fsp3) is 0.800. The highest BCUT2D eigenvalue weighted by molar-refractivity contribution is 4.82. The summed E-state index contributed by atoms with van der Waals surface area (Å²) in [5, 5.41) is 0. The molecule has 0 unspecified atom stereocenters. The van der Waals surface area contributed by atoms with Gasteiger partial charge in [0.05, 0.1) is 12.8 Å². The number of hydrogen-bond donors (Lipinski definition) is 0. The van der Waals surface area contributed by atoms with Gasteiger partial charge >= 0.3 is 19.3 Å². The minimum Gasteiger partial charge on any atom is -1.00 e. The first-order valence-electron chi connectivity index (χ1n) is 2.11. The van der Waals surface area contributed by atoms with Gasteiger partial charge in [-0.25, -0.2) is 0 Å². The molecule has 0 aromatic rings. The van der Waals surface area contributed by atoms with Crippen molar-refractivity contribution in [2.45, 2.75) is 19.8 Å². The molecule has 1 fully saturated rings. The van der Waals surface area contributed by atoms with E-state index in [1.165, 1.54) is 12.8 Å². The van der Waals surface area contributed by atoms with Crippen molar-refractivity contribution >= 4 is 0 Å². The van der Waals surface area contributed by atoms with E-state index in [4.69, 9.17) is 0 Å². The van der Waals surface area contributed by atoms with Crippen molar-refractivity contribution in [3.05, 3.63) is 6.42 Å². The highest BCUT2D eigenvalue weighted by atomic mass is 35.5. The maximum Gasteiger partial charge on any atom is 0.511 e. The molecule has 0 aromatic carbocycles. The minimum atomic E-state index is 0. The van der Waals surface area contributed by atoms with E-state index < -0.39 is 0 Å². The molecule has 0 radical (unpaired) electrons. The molecule has 1 aliphatic carbocycles. The number of rotatable bonds is 1. The molecular formula is C5H9Cl2F. The quantitative estimate of drug-likeness (QED) is 0.363. The van der Waals surface area contributed by atoms with Crippen molar-refractivity contribution in [3.63, 3.8) is 0 Å². The average molecular weight is 159 g/mol. The maximum absolute atomic E-state index is 3.14. The van der Waals surface area contributed by atoms with Crippen LogP contribution in [0, 0.1) is 12.3 Å². The third-order valence-corrected chi connectivity index (χ3v) is 0.986. The SMILES string of the molecule is C[C+2]C1CC1.F.[Cl-].[Cl-]. The van der Waals surface area contributed by atoms with Gasteiger partial charge in [0.2, 0.25) is 0 Å². The molecule has 0 nitrogen and oxygen atoms in total. The molecule has 0 bridgehead atoms. The Morgan fingerprint density at radius 1 is 1.25 bits per heavy atom. The minimum absolute atomic E-state index is 0. The van der Waals surface area contributed by atoms with Gasteiger partial charge in [0, 0.05) is 0 Å². The zero-order chi connectivity index (χ0) is 3.70. The molecule has 1 aliphatic rings. The predicted molar refractivity (Wildman–Crippen MR) is 24.1 cm³/mol. The normalized spacial score (nSPS) is 13.6. The Kier molecular flexibility index (Phi) is 14.3. The average Bonchev–Trinajstić information content (AvgIpc) is 2.12. The zero-order valence-corrected chi connectivity index (χ0v) is 6.17. The first-order chi connectivity index (χ1) is 2.43. The van der Waals surface area contributed by atoms with Crippen LogP contribution < -0.4 is 24.8 Å². The summed E-state index contributed by atoms with van der Waals surface area (Å²) in [5.74, 6) is 0.884. The third-order valence-electron chi connectivity index (χ3n) is 0.986. The summed E-state index contributed by atoms with van der Waals surface area (Å²) < 4.78 is 0. The van der Waals surface area contributed by atoms with Crippen molar-refractivity contribution in [1.29, 1.82) is 0 Å². The van der Waals surface area contributed by atoms with Crippen molar-refractivity contribution in [3.8, 4) is 0 Å². The van der Waals surface area contributed by atoms with Gasteiger partial charge in [-0.15, -0.1) is 0 Å². The topological polar surface area (TPSA) is 0 Å². The van der Waals surface area contributed by atoms with E-state index in [-0.39, 0.29) is 29.5 Å². The Morgan fingerprint density at radius 3 is 1.62 bits per heavy atom. The zero-order valence-electron chi connectivity index (χ0n) is 4.66. The molecular weight excluding hydrogens is 150 g/mol. The van der Waals surface area contributed by atoms with Crippen LogP contribution in [0.1, 0.15) is 19.8 Å². The second-order valence-electron chi connectivity index (χ2n) is 1.56. The molecule has 1 saturated carbocycles. The molecule has 0 N–H and O–H groups in total. The molecule has 0 heterocycles. The monoisotopic (exact) mass is 158 g/mol. The van der Waals surface area contributed by atoms with E-state index in [0.29, 0.717) is 0 Å². The Hall–Kier alpha value is 0.290. The summed E-state index contributed by atoms with van der Waals surface area (Å²) in [6.07, 6.45) is 5.94. The van der Waals surface area contributed by atoms with E-state index in [9.17, 15) is 0 Å². The molecule has 0 aromatic heterocycles. The van der Waals surface area contributed by atoms with E-state index in [2.05, 4.69) is 6.42 Å². The van der Waals surface area contributed by atoms with E-state index >= 15 is 0 Å². The van der Waals surface area contributed by atoms with Crippen LogP contribution in [0.4, 0.5) is 4.70 Å². The smallest absolute Gasteiger partial charge is 0.511 e. The first-order valence-corrected chi connectivity index (χ1v) is 2.11. The lowest BCUT2D eigenvalue weighted by Crippen LogP contribution is -3.00. The Bertz CT molecular complexity index is 37.4. The van der Waals surface area contributed by atoms with E-state index in [1.54, 1.807) is 0 Å². The Morgan fingerprint density at radius 2 is 1.62 bits per heavy atom. The molecule has 0 amide bonds. The molecule has 0 atom stereocenters. The largest absolute Gasteiger partial charge is 1.00 e. The Balaban J connectivity index is -0.0000000833. The lowest BCUT2D eigenvalue weighted by atomic mass is 10.3. The lowest BCUT2D eigenvalue weighted by Gasteiger charge is -1.33. The van der Waals surface area contributed by atoms with E-state index in [0.717, 1.165) is 5.92 Å². The van der Waals surface area contributed by atoms with Gasteiger partial charge in [-0.05, 0) is 0 Å². The second kappa shape index (κ2) is 7.29. The highest BCUT2D eigenvalue weighted by Gasteiger charge is 2.45. The lowest BCUT2D eigenvalue weighted by molar-refractivity contribution is -0.00100. The van der Waals surface area contributed by atoms with Crippen LogP contribution in [-0.4, -0.2) is 0 Å². The number of hydrogen-bond acceptors (Lipinski definition) is 0. The summed E-state index contributed by atoms with van der Waals surface area (Å²) in [7, 11) is 0. The van der Waals surface area contributed by atoms with Crippen LogP contribution in [-0.2, 0) is 0 Å². The maximum atomic E-state index is 3.14. The number of halogens is 3. The Labute approximate surface area is 62.2 Å². The van der Waals surface area contributed by atoms with Crippen LogP contribution in [0.15, 0.2) is 0 Å². The van der Waals surface area contributed by atoms with Crippen LogP contribution >= 0.6 is 0 Å². The standard InChI is InChI=1S/C5H8.2ClH.FH/c1-2-5-3-4-5;;;/h5H,3-4H2,1H3;3*1H/q+2;;;/p-2. The molecule has 0 aliphatic heterocycles. The molecule has 8 heavy (non-hydrogen) atoms. The first kappa shape index (κ1) is 15.7. The van der Waals surface area contributed by atoms with Crippen molar-refractivity contribution in [1.82, 2.24) is 0 Å². The third kappa shape index (κ3) is 6.29. The molecule has 0 spiro atoms. The van der Waals surface area contributed by atoms with Gasteiger partial charge in [0.25, 0.3) is 0 Å². The summed E-state index contributed by atoms with van der Waals surface area (Å²) >= 11 is 0. The highest BCUT2D eigenvalue weighted by Crippen LogP contribution is 2.30. The fourth-order valence-electron chi connectivity index (χ4n) is 0.372.